The van der Waals surface area contributed by atoms with E-state index in [1.165, 1.54) is 19.2 Å². The maximum Gasteiger partial charge on any atom is 0.433 e. The number of nitrogens with zero attached hydrogens (tertiary/aromatic N) is 5. The number of amides is 1. The first kappa shape index (κ1) is 24.4. The highest BCUT2D eigenvalue weighted by atomic mass is 19.4. The van der Waals surface area contributed by atoms with E-state index < -0.39 is 17.9 Å². The molecule has 0 radical (unpaired) electrons. The first-order valence-corrected chi connectivity index (χ1v) is 11.3. The number of ether oxygens (including phenoxy) is 1. The fourth-order valence-electron chi connectivity index (χ4n) is 4.05. The van der Waals surface area contributed by atoms with Crippen LogP contribution in [0.15, 0.2) is 47.1 Å². The number of benzene rings is 1. The molecule has 0 saturated carbocycles. The van der Waals surface area contributed by atoms with Crippen molar-refractivity contribution in [2.24, 2.45) is 5.73 Å². The molecule has 13 heteroatoms. The summed E-state index contributed by atoms with van der Waals surface area (Å²) < 4.78 is 50.9. The number of alkyl halides is 3. The van der Waals surface area contributed by atoms with Crippen molar-refractivity contribution in [3.63, 3.8) is 0 Å². The molecule has 1 aliphatic rings. The van der Waals surface area contributed by atoms with Crippen LogP contribution in [0, 0.1) is 0 Å². The molecule has 10 nitrogen and oxygen atoms in total. The van der Waals surface area contributed by atoms with Crippen LogP contribution in [0.3, 0.4) is 0 Å². The normalized spacial score (nSPS) is 14.9. The van der Waals surface area contributed by atoms with Gasteiger partial charge in [0.2, 0.25) is 11.8 Å². The van der Waals surface area contributed by atoms with Gasteiger partial charge in [-0.3, -0.25) is 4.79 Å². The monoisotopic (exact) mass is 513 g/mol. The number of carbonyl (C=O) groups excluding carboxylic acids is 1. The molecule has 4 aromatic rings. The zero-order chi connectivity index (χ0) is 26.3. The molecule has 1 saturated heterocycles. The van der Waals surface area contributed by atoms with Gasteiger partial charge in [0.1, 0.15) is 17.0 Å². The number of hydrogen-bond acceptors (Lipinski definition) is 9. The first-order valence-electron chi connectivity index (χ1n) is 11.3. The molecule has 4 heterocycles. The zero-order valence-corrected chi connectivity index (χ0v) is 19.8. The SMILES string of the molecule is COc1ccc(-c2nc(C(=O)N3CC(Nc4ncccn4)C3)c([C@H](C)N)o2)c2ccc(C(F)(F)F)nc12. The number of nitrogens with one attached hydrogen (secondary N) is 1. The Bertz CT molecular complexity index is 1450. The van der Waals surface area contributed by atoms with Gasteiger partial charge in [-0.1, -0.05) is 0 Å². The average molecular weight is 513 g/mol. The van der Waals surface area contributed by atoms with Crippen LogP contribution < -0.4 is 15.8 Å². The number of anilines is 1. The summed E-state index contributed by atoms with van der Waals surface area (Å²) in [7, 11) is 1.34. The van der Waals surface area contributed by atoms with Crippen molar-refractivity contribution in [2.75, 3.05) is 25.5 Å². The first-order chi connectivity index (χ1) is 17.7. The van der Waals surface area contributed by atoms with Gasteiger partial charge in [-0.2, -0.15) is 13.2 Å². The fraction of sp³-hybridized carbons (Fsp3) is 0.292. The van der Waals surface area contributed by atoms with Crippen LogP contribution in [0.1, 0.15) is 34.9 Å². The van der Waals surface area contributed by atoms with E-state index in [9.17, 15) is 18.0 Å². The van der Waals surface area contributed by atoms with E-state index in [1.807, 2.05) is 0 Å². The lowest BCUT2D eigenvalue weighted by Crippen LogP contribution is -2.57. The van der Waals surface area contributed by atoms with E-state index in [4.69, 9.17) is 14.9 Å². The summed E-state index contributed by atoms with van der Waals surface area (Å²) in [6, 6.07) is 6.22. The number of methoxy groups -OCH3 is 1. The van der Waals surface area contributed by atoms with Crippen molar-refractivity contribution in [3.05, 3.63) is 59.9 Å². The van der Waals surface area contributed by atoms with E-state index in [2.05, 4.69) is 25.3 Å². The largest absolute Gasteiger partial charge is 0.494 e. The summed E-state index contributed by atoms with van der Waals surface area (Å²) in [5.41, 5.74) is 5.39. The Morgan fingerprint density at radius 2 is 1.92 bits per heavy atom. The van der Waals surface area contributed by atoms with Crippen LogP contribution in [-0.4, -0.2) is 57.0 Å². The van der Waals surface area contributed by atoms with E-state index in [0.29, 0.717) is 30.0 Å². The van der Waals surface area contributed by atoms with Crippen molar-refractivity contribution < 1.29 is 27.1 Å². The number of hydrogen-bond donors (Lipinski definition) is 2. The molecule has 1 fully saturated rings. The topological polar surface area (TPSA) is 132 Å². The number of nitrogens with two attached hydrogens (primary N) is 1. The highest BCUT2D eigenvalue weighted by Gasteiger charge is 2.36. The lowest BCUT2D eigenvalue weighted by atomic mass is 10.1. The number of rotatable bonds is 6. The molecular formula is C24H22F3N7O3. The second-order valence-electron chi connectivity index (χ2n) is 8.55. The Labute approximate surface area is 208 Å². The van der Waals surface area contributed by atoms with Crippen LogP contribution >= 0.6 is 0 Å². The molecular weight excluding hydrogens is 491 g/mol. The molecule has 5 rings (SSSR count). The van der Waals surface area contributed by atoms with Crippen molar-refractivity contribution in [1.82, 2.24) is 24.8 Å². The third-order valence-corrected chi connectivity index (χ3v) is 5.90. The van der Waals surface area contributed by atoms with Gasteiger partial charge in [-0.15, -0.1) is 0 Å². The average Bonchev–Trinajstić information content (AvgIpc) is 3.30. The van der Waals surface area contributed by atoms with Gasteiger partial charge in [-0.05, 0) is 37.3 Å². The molecule has 37 heavy (non-hydrogen) atoms. The van der Waals surface area contributed by atoms with Gasteiger partial charge < -0.3 is 25.1 Å². The summed E-state index contributed by atoms with van der Waals surface area (Å²) in [6.07, 6.45) is -1.40. The summed E-state index contributed by atoms with van der Waals surface area (Å²) in [5.74, 6) is 0.462. The van der Waals surface area contributed by atoms with E-state index >= 15 is 0 Å². The zero-order valence-electron chi connectivity index (χ0n) is 19.8. The lowest BCUT2D eigenvalue weighted by molar-refractivity contribution is -0.140. The minimum absolute atomic E-state index is 0.0111. The summed E-state index contributed by atoms with van der Waals surface area (Å²) in [6.45, 7) is 2.44. The van der Waals surface area contributed by atoms with Gasteiger partial charge in [-0.25, -0.2) is 19.9 Å². The Kier molecular flexibility index (Phi) is 6.15. The third kappa shape index (κ3) is 4.65. The summed E-state index contributed by atoms with van der Waals surface area (Å²) in [4.78, 5) is 31.2. The minimum atomic E-state index is -4.63. The Hall–Kier alpha value is -4.26. The summed E-state index contributed by atoms with van der Waals surface area (Å²) >= 11 is 0. The van der Waals surface area contributed by atoms with Crippen LogP contribution in [0.4, 0.5) is 19.1 Å². The lowest BCUT2D eigenvalue weighted by Gasteiger charge is -2.39. The van der Waals surface area contributed by atoms with Gasteiger partial charge in [0.25, 0.3) is 5.91 Å². The van der Waals surface area contributed by atoms with Crippen molar-refractivity contribution in [3.8, 4) is 17.2 Å². The molecule has 0 aliphatic carbocycles. The second-order valence-corrected chi connectivity index (χ2v) is 8.55. The number of likely N-dealkylation sites (tertiary alicyclic amines) is 1. The van der Waals surface area contributed by atoms with Gasteiger partial charge >= 0.3 is 6.18 Å². The number of halogens is 3. The smallest absolute Gasteiger partial charge is 0.433 e. The Balaban J connectivity index is 1.46. The highest BCUT2D eigenvalue weighted by Crippen LogP contribution is 2.37. The molecule has 3 aromatic heterocycles. The van der Waals surface area contributed by atoms with E-state index in [0.717, 1.165) is 6.07 Å². The minimum Gasteiger partial charge on any atom is -0.494 e. The Morgan fingerprint density at radius 3 is 2.57 bits per heavy atom. The van der Waals surface area contributed by atoms with E-state index in [-0.39, 0.29) is 40.6 Å². The van der Waals surface area contributed by atoms with Crippen LogP contribution in [0.25, 0.3) is 22.4 Å². The number of aromatic nitrogens is 4. The number of pyridine rings is 1. The van der Waals surface area contributed by atoms with Crippen LogP contribution in [0.2, 0.25) is 0 Å². The standard InChI is InChI=1S/C24H22F3N7O3/c1-12(28)20-19(22(35)34-10-13(11-34)31-23-29-8-3-9-30-23)33-21(37-20)15-4-6-16(36-2)18-14(15)5-7-17(32-18)24(25,26)27/h3-9,12-13H,10-11,28H2,1-2H3,(H,29,30,31)/t12-/m0/s1. The van der Waals surface area contributed by atoms with Gasteiger partial charge in [0, 0.05) is 36.4 Å². The molecule has 1 aromatic carbocycles. The maximum absolute atomic E-state index is 13.3. The fourth-order valence-corrected chi connectivity index (χ4v) is 4.05. The highest BCUT2D eigenvalue weighted by molar-refractivity contribution is 5.98. The number of oxazole rings is 1. The molecule has 1 aliphatic heterocycles. The van der Waals surface area contributed by atoms with Crippen molar-refractivity contribution in [1.29, 1.82) is 0 Å². The number of carbonyl (C=O) groups is 1. The molecule has 0 spiro atoms. The van der Waals surface area contributed by atoms with Crippen LogP contribution in [-0.2, 0) is 6.18 Å². The number of fused-ring (bicyclic) bond motifs is 1. The van der Waals surface area contributed by atoms with Crippen LogP contribution in [0.5, 0.6) is 5.75 Å². The molecule has 0 bridgehead atoms. The molecule has 3 N–H and O–H groups in total. The van der Waals surface area contributed by atoms with Gasteiger partial charge in [0.05, 0.1) is 19.2 Å². The third-order valence-electron chi connectivity index (χ3n) is 5.90. The Morgan fingerprint density at radius 1 is 1.19 bits per heavy atom. The predicted molar refractivity (Wildman–Crippen MR) is 127 cm³/mol. The van der Waals surface area contributed by atoms with Crippen molar-refractivity contribution in [2.45, 2.75) is 25.2 Å². The second kappa shape index (κ2) is 9.32. The molecule has 1 atom stereocenters. The van der Waals surface area contributed by atoms with Crippen molar-refractivity contribution >= 4 is 22.8 Å². The maximum atomic E-state index is 13.3. The van der Waals surface area contributed by atoms with Gasteiger partial charge in [0.15, 0.2) is 11.5 Å². The molecule has 1 amide bonds. The predicted octanol–water partition coefficient (Wildman–Crippen LogP) is 3.66. The molecule has 0 unspecified atom stereocenters. The van der Waals surface area contributed by atoms with E-state index in [1.54, 1.807) is 36.4 Å². The summed E-state index contributed by atoms with van der Waals surface area (Å²) in [5, 5.41) is 3.46. The quantitative estimate of drug-likeness (QED) is 0.396. The molecule has 192 valence electrons.